The summed E-state index contributed by atoms with van der Waals surface area (Å²) in [4.78, 5) is 27.9. The van der Waals surface area contributed by atoms with E-state index in [0.29, 0.717) is 22.7 Å². The molecule has 128 valence electrons. The summed E-state index contributed by atoms with van der Waals surface area (Å²) in [5.41, 5.74) is 0.512. The van der Waals surface area contributed by atoms with E-state index >= 15 is 0 Å². The van der Waals surface area contributed by atoms with E-state index in [9.17, 15) is 9.59 Å². The number of carbonyl (C=O) groups is 2. The van der Waals surface area contributed by atoms with Crippen LogP contribution in [-0.2, 0) is 9.53 Å². The number of aliphatic carboxylic acids is 1. The maximum Gasteiger partial charge on any atom is 0.305 e. The predicted octanol–water partition coefficient (Wildman–Crippen LogP) is 2.26. The minimum atomic E-state index is -1.02. The Bertz CT molecular complexity index is 727. The van der Waals surface area contributed by atoms with Crippen molar-refractivity contribution in [2.24, 2.45) is 0 Å². The van der Waals surface area contributed by atoms with Gasteiger partial charge in [-0.1, -0.05) is 0 Å². The minimum Gasteiger partial charge on any atom is -0.481 e. The van der Waals surface area contributed by atoms with E-state index in [-0.39, 0.29) is 13.0 Å². The number of hydrogen-bond donors (Lipinski definition) is 2. The SMILES string of the molecule is COCC(C)(CC(=O)O)NC(=O)c1ccc(-c2ccco2)nc1C. The van der Waals surface area contributed by atoms with Crippen molar-refractivity contribution in [1.29, 1.82) is 0 Å². The highest BCUT2D eigenvalue weighted by Gasteiger charge is 2.30. The first-order chi connectivity index (χ1) is 11.3. The molecule has 0 aliphatic heterocycles. The van der Waals surface area contributed by atoms with E-state index in [1.54, 1.807) is 44.4 Å². The number of carboxylic acids is 1. The van der Waals surface area contributed by atoms with E-state index in [4.69, 9.17) is 14.3 Å². The first-order valence-electron chi connectivity index (χ1n) is 7.39. The van der Waals surface area contributed by atoms with Gasteiger partial charge in [0.1, 0.15) is 5.69 Å². The van der Waals surface area contributed by atoms with Gasteiger partial charge in [-0.25, -0.2) is 4.98 Å². The maximum atomic E-state index is 12.5. The molecule has 1 amide bonds. The van der Waals surface area contributed by atoms with E-state index in [1.165, 1.54) is 7.11 Å². The van der Waals surface area contributed by atoms with Gasteiger partial charge < -0.3 is 19.6 Å². The Morgan fingerprint density at radius 3 is 2.67 bits per heavy atom. The summed E-state index contributed by atoms with van der Waals surface area (Å²) in [7, 11) is 1.46. The van der Waals surface area contributed by atoms with Crippen LogP contribution in [-0.4, -0.2) is 41.2 Å². The summed E-state index contributed by atoms with van der Waals surface area (Å²) in [5.74, 6) is -0.801. The average Bonchev–Trinajstić information content (AvgIpc) is 2.99. The van der Waals surface area contributed by atoms with Gasteiger partial charge in [0.2, 0.25) is 0 Å². The summed E-state index contributed by atoms with van der Waals surface area (Å²) in [6.45, 7) is 3.43. The van der Waals surface area contributed by atoms with Crippen LogP contribution in [0.3, 0.4) is 0 Å². The Hall–Kier alpha value is -2.67. The molecule has 0 radical (unpaired) electrons. The van der Waals surface area contributed by atoms with E-state index in [1.807, 2.05) is 0 Å². The first-order valence-corrected chi connectivity index (χ1v) is 7.39. The molecule has 7 nitrogen and oxygen atoms in total. The summed E-state index contributed by atoms with van der Waals surface area (Å²) >= 11 is 0. The Morgan fingerprint density at radius 2 is 2.12 bits per heavy atom. The second-order valence-electron chi connectivity index (χ2n) is 5.83. The summed E-state index contributed by atoms with van der Waals surface area (Å²) in [5, 5.41) is 11.8. The van der Waals surface area contributed by atoms with Gasteiger partial charge in [0.25, 0.3) is 5.91 Å². The van der Waals surface area contributed by atoms with Gasteiger partial charge in [0, 0.05) is 7.11 Å². The Morgan fingerprint density at radius 1 is 1.38 bits per heavy atom. The molecule has 0 spiro atoms. The van der Waals surface area contributed by atoms with Crippen molar-refractivity contribution in [3.05, 3.63) is 41.8 Å². The highest BCUT2D eigenvalue weighted by molar-refractivity contribution is 5.96. The monoisotopic (exact) mass is 332 g/mol. The molecule has 7 heteroatoms. The Labute approximate surface area is 139 Å². The molecule has 24 heavy (non-hydrogen) atoms. The first kappa shape index (κ1) is 17.7. The third-order valence-electron chi connectivity index (χ3n) is 3.52. The summed E-state index contributed by atoms with van der Waals surface area (Å²) < 4.78 is 10.3. The van der Waals surface area contributed by atoms with Crippen LogP contribution in [0.15, 0.2) is 34.9 Å². The second-order valence-corrected chi connectivity index (χ2v) is 5.83. The van der Waals surface area contributed by atoms with E-state index in [2.05, 4.69) is 10.3 Å². The minimum absolute atomic E-state index is 0.0853. The highest BCUT2D eigenvalue weighted by atomic mass is 16.5. The zero-order valence-electron chi connectivity index (χ0n) is 13.8. The standard InChI is InChI=1S/C17H20N2O5/c1-11-12(6-7-13(18-11)14-5-4-8-24-14)16(22)19-17(2,10-23-3)9-15(20)21/h4-8H,9-10H2,1-3H3,(H,19,22)(H,20,21). The molecule has 2 rings (SSSR count). The van der Waals surface area contributed by atoms with Crippen LogP contribution in [0.25, 0.3) is 11.5 Å². The molecule has 2 N–H and O–H groups in total. The van der Waals surface area contributed by atoms with Gasteiger partial charge >= 0.3 is 5.97 Å². The van der Waals surface area contributed by atoms with Crippen LogP contribution in [0, 0.1) is 6.92 Å². The molecule has 1 atom stereocenters. The molecule has 0 fully saturated rings. The van der Waals surface area contributed by atoms with Gasteiger partial charge in [-0.15, -0.1) is 0 Å². The summed E-state index contributed by atoms with van der Waals surface area (Å²) in [6, 6.07) is 6.87. The molecule has 0 aliphatic carbocycles. The molecule has 0 saturated carbocycles. The highest BCUT2D eigenvalue weighted by Crippen LogP contribution is 2.20. The number of furan rings is 1. The molecule has 0 bridgehead atoms. The quantitative estimate of drug-likeness (QED) is 0.806. The number of ether oxygens (including phenoxy) is 1. The number of rotatable bonds is 7. The van der Waals surface area contributed by atoms with Crippen LogP contribution in [0.1, 0.15) is 29.4 Å². The molecule has 1 unspecified atom stereocenters. The van der Waals surface area contributed by atoms with Crippen molar-refractivity contribution in [1.82, 2.24) is 10.3 Å². The zero-order chi connectivity index (χ0) is 17.7. The van der Waals surface area contributed by atoms with Gasteiger partial charge in [-0.05, 0) is 38.1 Å². The lowest BCUT2D eigenvalue weighted by Crippen LogP contribution is -2.50. The second kappa shape index (κ2) is 7.27. The van der Waals surface area contributed by atoms with Crippen LogP contribution in [0.2, 0.25) is 0 Å². The predicted molar refractivity (Wildman–Crippen MR) is 86.7 cm³/mol. The van der Waals surface area contributed by atoms with Crippen LogP contribution in [0.5, 0.6) is 0 Å². The number of amides is 1. The molecule has 0 aliphatic rings. The number of nitrogens with one attached hydrogen (secondary N) is 1. The maximum absolute atomic E-state index is 12.5. The molecular formula is C17H20N2O5. The number of methoxy groups -OCH3 is 1. The lowest BCUT2D eigenvalue weighted by molar-refractivity contribution is -0.139. The number of carboxylic acid groups (broad SMARTS) is 1. The van der Waals surface area contributed by atoms with Crippen molar-refractivity contribution in [3.8, 4) is 11.5 Å². The lowest BCUT2D eigenvalue weighted by atomic mass is 9.98. The Balaban J connectivity index is 2.21. The molecular weight excluding hydrogens is 312 g/mol. The fourth-order valence-corrected chi connectivity index (χ4v) is 2.49. The largest absolute Gasteiger partial charge is 0.481 e. The number of carbonyl (C=O) groups excluding carboxylic acids is 1. The average molecular weight is 332 g/mol. The molecule has 0 saturated heterocycles. The van der Waals surface area contributed by atoms with Gasteiger partial charge in [0.05, 0.1) is 36.1 Å². The molecule has 2 aromatic rings. The number of pyridine rings is 1. The topological polar surface area (TPSA) is 102 Å². The van der Waals surface area contributed by atoms with E-state index in [0.717, 1.165) is 0 Å². The molecule has 0 aromatic carbocycles. The third kappa shape index (κ3) is 4.20. The van der Waals surface area contributed by atoms with Crippen LogP contribution >= 0.6 is 0 Å². The zero-order valence-corrected chi connectivity index (χ0v) is 13.8. The van der Waals surface area contributed by atoms with Gasteiger partial charge in [0.15, 0.2) is 5.76 Å². The smallest absolute Gasteiger partial charge is 0.305 e. The normalized spacial score (nSPS) is 13.3. The van der Waals surface area contributed by atoms with Crippen molar-refractivity contribution in [2.75, 3.05) is 13.7 Å². The van der Waals surface area contributed by atoms with Crippen molar-refractivity contribution in [3.63, 3.8) is 0 Å². The van der Waals surface area contributed by atoms with Crippen LogP contribution in [0.4, 0.5) is 0 Å². The van der Waals surface area contributed by atoms with Crippen molar-refractivity contribution < 1.29 is 23.8 Å². The number of nitrogens with zero attached hydrogens (tertiary/aromatic N) is 1. The van der Waals surface area contributed by atoms with Crippen molar-refractivity contribution >= 4 is 11.9 Å². The lowest BCUT2D eigenvalue weighted by Gasteiger charge is -2.28. The fourth-order valence-electron chi connectivity index (χ4n) is 2.49. The van der Waals surface area contributed by atoms with Crippen LogP contribution < -0.4 is 5.32 Å². The van der Waals surface area contributed by atoms with Gasteiger partial charge in [-0.2, -0.15) is 0 Å². The van der Waals surface area contributed by atoms with Crippen molar-refractivity contribution in [2.45, 2.75) is 25.8 Å². The van der Waals surface area contributed by atoms with Gasteiger partial charge in [-0.3, -0.25) is 9.59 Å². The molecule has 2 aromatic heterocycles. The number of aryl methyl sites for hydroxylation is 1. The number of hydrogen-bond acceptors (Lipinski definition) is 5. The fraction of sp³-hybridized carbons (Fsp3) is 0.353. The molecule has 2 heterocycles. The summed E-state index contributed by atoms with van der Waals surface area (Å²) in [6.07, 6.45) is 1.30. The third-order valence-corrected chi connectivity index (χ3v) is 3.52. The number of aromatic nitrogens is 1. The Kier molecular flexibility index (Phi) is 5.35. The van der Waals surface area contributed by atoms with E-state index < -0.39 is 17.4 Å².